The Balaban J connectivity index is 1.99. The highest BCUT2D eigenvalue weighted by Crippen LogP contribution is 2.45. The van der Waals surface area contributed by atoms with Crippen molar-refractivity contribution in [1.82, 2.24) is 9.29 Å². The van der Waals surface area contributed by atoms with Gasteiger partial charge in [-0.2, -0.15) is 0 Å². The first-order valence-corrected chi connectivity index (χ1v) is 13.7. The summed E-state index contributed by atoms with van der Waals surface area (Å²) in [6.45, 7) is 1.60. The minimum Gasteiger partial charge on any atom is -0.505 e. The number of aromatic hydroxyl groups is 1. The van der Waals surface area contributed by atoms with Crippen LogP contribution in [0.25, 0.3) is 10.9 Å². The van der Waals surface area contributed by atoms with Crippen molar-refractivity contribution in [3.8, 4) is 5.75 Å². The fourth-order valence-corrected chi connectivity index (χ4v) is 5.27. The smallest absolute Gasteiger partial charge is 0.271 e. The zero-order valence-electron chi connectivity index (χ0n) is 18.5. The number of carbonyl (C=O) groups excluding carboxylic acids is 1. The molecule has 0 saturated carbocycles. The molecule has 0 fully saturated rings. The van der Waals surface area contributed by atoms with Crippen molar-refractivity contribution in [3.63, 3.8) is 0 Å². The van der Waals surface area contributed by atoms with Crippen molar-refractivity contribution < 1.29 is 26.7 Å². The van der Waals surface area contributed by atoms with E-state index in [9.17, 15) is 26.7 Å². The molecule has 33 heavy (non-hydrogen) atoms. The van der Waals surface area contributed by atoms with Crippen LogP contribution in [0.4, 0.5) is 5.69 Å². The monoisotopic (exact) mass is 489 g/mol. The summed E-state index contributed by atoms with van der Waals surface area (Å²) in [7, 11) is -6.40. The summed E-state index contributed by atoms with van der Waals surface area (Å²) in [5, 5.41) is 11.2. The molecule has 0 unspecified atom stereocenters. The average molecular weight is 490 g/mol. The summed E-state index contributed by atoms with van der Waals surface area (Å²) in [5.74, 6) is -1.38. The summed E-state index contributed by atoms with van der Waals surface area (Å²) in [5.41, 5.74) is 2.92. The van der Waals surface area contributed by atoms with E-state index in [4.69, 9.17) is 0 Å². The van der Waals surface area contributed by atoms with E-state index >= 15 is 0 Å². The number of phenols is 1. The van der Waals surface area contributed by atoms with Crippen LogP contribution in [0.2, 0.25) is 0 Å². The summed E-state index contributed by atoms with van der Waals surface area (Å²) in [6.07, 6.45) is 3.95. The number of fused-ring (bicyclic) bond motifs is 2. The van der Waals surface area contributed by atoms with Gasteiger partial charge in [-0.15, -0.1) is 0 Å². The van der Waals surface area contributed by atoms with E-state index in [0.29, 0.717) is 16.1 Å². The van der Waals surface area contributed by atoms with E-state index in [1.807, 2.05) is 31.2 Å². The maximum absolute atomic E-state index is 12.9. The number of phenolic OH excluding ortho intramolecular Hbond substituents is 1. The molecule has 0 radical (unpaired) electrons. The van der Waals surface area contributed by atoms with Crippen LogP contribution in [0.1, 0.15) is 32.6 Å². The number of anilines is 1. The van der Waals surface area contributed by atoms with Crippen molar-refractivity contribution in [2.24, 2.45) is 0 Å². The van der Waals surface area contributed by atoms with Crippen LogP contribution >= 0.6 is 0 Å². The molecule has 1 aliphatic rings. The van der Waals surface area contributed by atoms with Gasteiger partial charge in [-0.05, 0) is 30.5 Å². The van der Waals surface area contributed by atoms with E-state index in [-0.39, 0.29) is 28.9 Å². The first-order chi connectivity index (χ1) is 15.3. The third kappa shape index (κ3) is 4.02. The number of pyridine rings is 1. The summed E-state index contributed by atoms with van der Waals surface area (Å²) in [6, 6.07) is 9.64. The van der Waals surface area contributed by atoms with Crippen LogP contribution in [0.15, 0.2) is 36.5 Å². The molecule has 2 aromatic carbocycles. The molecule has 0 atom stereocenters. The van der Waals surface area contributed by atoms with Gasteiger partial charge in [0.05, 0.1) is 30.3 Å². The van der Waals surface area contributed by atoms with Gasteiger partial charge in [-0.3, -0.25) is 14.1 Å². The topological polar surface area (TPSA) is 125 Å². The van der Waals surface area contributed by atoms with Crippen molar-refractivity contribution in [3.05, 3.63) is 64.3 Å². The fraction of sp³-hybridized carbons (Fsp3) is 0.273. The Morgan fingerprint density at radius 2 is 1.73 bits per heavy atom. The quantitative estimate of drug-likeness (QED) is 0.582. The number of nitrogens with zero attached hydrogens (tertiary/aromatic N) is 3. The number of sulfonamides is 2. The molecule has 1 amide bonds. The Morgan fingerprint density at radius 3 is 2.30 bits per heavy atom. The number of amides is 1. The fourth-order valence-electron chi connectivity index (χ4n) is 3.98. The lowest BCUT2D eigenvalue weighted by Crippen LogP contribution is -2.30. The van der Waals surface area contributed by atoms with Crippen LogP contribution in [0.5, 0.6) is 5.75 Å². The number of aromatic nitrogens is 1. The van der Waals surface area contributed by atoms with Gasteiger partial charge >= 0.3 is 0 Å². The molecule has 1 aliphatic heterocycles. The molecule has 3 aromatic rings. The van der Waals surface area contributed by atoms with Crippen molar-refractivity contribution in [1.29, 1.82) is 0 Å². The number of rotatable bonds is 5. The average Bonchev–Trinajstić information content (AvgIpc) is 3.06. The van der Waals surface area contributed by atoms with E-state index in [0.717, 1.165) is 33.5 Å². The predicted octanol–water partition coefficient (Wildman–Crippen LogP) is 2.15. The van der Waals surface area contributed by atoms with E-state index in [1.54, 1.807) is 12.3 Å². The van der Waals surface area contributed by atoms with Gasteiger partial charge in [0.1, 0.15) is 5.52 Å². The maximum atomic E-state index is 12.9. The zero-order valence-corrected chi connectivity index (χ0v) is 20.2. The van der Waals surface area contributed by atoms with E-state index in [2.05, 4.69) is 4.98 Å². The Hall–Kier alpha value is -3.18. The first kappa shape index (κ1) is 23.0. The number of hydrogen-bond donors (Lipinski definition) is 1. The van der Waals surface area contributed by atoms with Crippen molar-refractivity contribution >= 4 is 42.5 Å². The first-order valence-electron chi connectivity index (χ1n) is 9.97. The normalized spacial score (nSPS) is 14.1. The van der Waals surface area contributed by atoms with Gasteiger partial charge in [-0.25, -0.2) is 21.1 Å². The molecule has 0 bridgehead atoms. The van der Waals surface area contributed by atoms with Gasteiger partial charge in [-0.1, -0.05) is 29.8 Å². The zero-order chi connectivity index (χ0) is 24.3. The van der Waals surface area contributed by atoms with Crippen molar-refractivity contribution in [2.45, 2.75) is 19.9 Å². The van der Waals surface area contributed by atoms with Gasteiger partial charge in [0.15, 0.2) is 5.75 Å². The lowest BCUT2D eigenvalue weighted by atomic mass is 9.98. The number of benzene rings is 2. The molecule has 9 nitrogen and oxygen atoms in total. The van der Waals surface area contributed by atoms with Crippen LogP contribution in [-0.4, -0.2) is 56.7 Å². The van der Waals surface area contributed by atoms with Crippen LogP contribution < -0.4 is 4.31 Å². The second kappa shape index (κ2) is 7.70. The molecule has 1 aromatic heterocycles. The lowest BCUT2D eigenvalue weighted by molar-refractivity contribution is 0.0878. The molecule has 2 heterocycles. The highest BCUT2D eigenvalue weighted by Gasteiger charge is 2.40. The van der Waals surface area contributed by atoms with Crippen LogP contribution in [0.3, 0.4) is 0 Å². The molecule has 0 aliphatic carbocycles. The van der Waals surface area contributed by atoms with E-state index < -0.39 is 31.7 Å². The lowest BCUT2D eigenvalue weighted by Gasteiger charge is -2.22. The van der Waals surface area contributed by atoms with Crippen LogP contribution in [-0.2, 0) is 33.0 Å². The Kier molecular flexibility index (Phi) is 5.37. The maximum Gasteiger partial charge on any atom is 0.271 e. The SMILES string of the molecule is Cc1ccc(Cc2cnc3c(O)c4c(c(N(C)S(C)(=O)=O)c3c2)CN(S(C)(=O)=O)C4=O)cc1. The summed E-state index contributed by atoms with van der Waals surface area (Å²) < 4.78 is 50.8. The molecule has 11 heteroatoms. The number of aryl methyl sites for hydroxylation is 1. The van der Waals surface area contributed by atoms with Gasteiger partial charge in [0, 0.05) is 24.2 Å². The highest BCUT2D eigenvalue weighted by molar-refractivity contribution is 7.92. The third-order valence-corrected chi connectivity index (χ3v) is 8.00. The molecule has 0 spiro atoms. The van der Waals surface area contributed by atoms with E-state index in [1.165, 1.54) is 7.05 Å². The number of hydrogen-bond acceptors (Lipinski definition) is 7. The second-order valence-corrected chi connectivity index (χ2v) is 12.2. The second-order valence-electron chi connectivity index (χ2n) is 8.26. The van der Waals surface area contributed by atoms with Crippen molar-refractivity contribution in [2.75, 3.05) is 23.9 Å². The Labute approximate surface area is 192 Å². The molecule has 1 N–H and O–H groups in total. The number of carbonyl (C=O) groups is 1. The molecule has 174 valence electrons. The standard InChI is InChI=1S/C22H23N3O6S2/c1-13-5-7-14(8-6-13)9-15-10-16-19(23-11-15)21(26)18-17(20(16)24(2)32(3,28)29)12-25(22(18)27)33(4,30)31/h5-8,10-11,26H,9,12H2,1-4H3. The molecular formula is C22H23N3O6S2. The van der Waals surface area contributed by atoms with Gasteiger partial charge in [0.25, 0.3) is 5.91 Å². The van der Waals surface area contributed by atoms with Gasteiger partial charge < -0.3 is 5.11 Å². The summed E-state index contributed by atoms with van der Waals surface area (Å²) in [4.78, 5) is 17.2. The Morgan fingerprint density at radius 1 is 1.09 bits per heavy atom. The highest BCUT2D eigenvalue weighted by atomic mass is 32.2. The minimum atomic E-state index is -3.94. The third-order valence-electron chi connectivity index (χ3n) is 5.73. The van der Waals surface area contributed by atoms with Crippen LogP contribution in [0, 0.1) is 6.92 Å². The Bertz CT molecular complexity index is 1510. The molecular weight excluding hydrogens is 466 g/mol. The predicted molar refractivity (Wildman–Crippen MR) is 125 cm³/mol. The van der Waals surface area contributed by atoms with Gasteiger partial charge in [0.2, 0.25) is 20.0 Å². The molecule has 4 rings (SSSR count). The molecule has 0 saturated heterocycles. The minimum absolute atomic E-state index is 0.0237. The summed E-state index contributed by atoms with van der Waals surface area (Å²) >= 11 is 0. The largest absolute Gasteiger partial charge is 0.505 e.